The summed E-state index contributed by atoms with van der Waals surface area (Å²) in [7, 11) is -2.04. The van der Waals surface area contributed by atoms with Gasteiger partial charge in [0.15, 0.2) is 8.32 Å². The maximum Gasteiger partial charge on any atom is 0.416 e. The fourth-order valence-corrected chi connectivity index (χ4v) is 8.39. The van der Waals surface area contributed by atoms with Crippen molar-refractivity contribution in [2.75, 3.05) is 6.61 Å². The van der Waals surface area contributed by atoms with Crippen molar-refractivity contribution in [2.45, 2.75) is 96.3 Å². The molecule has 1 saturated carbocycles. The molecule has 0 amide bonds. The fourth-order valence-electron chi connectivity index (χ4n) is 5.60. The summed E-state index contributed by atoms with van der Waals surface area (Å²) in [5.74, 6) is 0.504. The largest absolute Gasteiger partial charge is 0.491 e. The molecule has 1 aromatic carbocycles. The Kier molecular flexibility index (Phi) is 13.7. The third-order valence-electron chi connectivity index (χ3n) is 8.20. The Morgan fingerprint density at radius 2 is 1.85 bits per heavy atom. The second-order valence-electron chi connectivity index (χ2n) is 10.8. The van der Waals surface area contributed by atoms with Crippen molar-refractivity contribution in [2.24, 2.45) is 17.8 Å². The Labute approximate surface area is 239 Å². The maximum atomic E-state index is 13.2. The van der Waals surface area contributed by atoms with Gasteiger partial charge in [-0.3, -0.25) is 4.79 Å². The van der Waals surface area contributed by atoms with Gasteiger partial charge in [-0.05, 0) is 73.9 Å². The van der Waals surface area contributed by atoms with E-state index in [0.29, 0.717) is 12.8 Å². The van der Waals surface area contributed by atoms with Crippen LogP contribution < -0.4 is 4.74 Å². The van der Waals surface area contributed by atoms with Crippen LogP contribution in [0.2, 0.25) is 18.1 Å². The average molecular weight is 581 g/mol. The van der Waals surface area contributed by atoms with Crippen LogP contribution in [0.25, 0.3) is 0 Å². The molecule has 0 radical (unpaired) electrons. The van der Waals surface area contributed by atoms with Gasteiger partial charge in [0, 0.05) is 12.3 Å². The van der Waals surface area contributed by atoms with Crippen LogP contribution in [0, 0.1) is 17.8 Å². The highest BCUT2D eigenvalue weighted by Crippen LogP contribution is 2.42. The van der Waals surface area contributed by atoms with Crippen molar-refractivity contribution >= 4 is 14.3 Å². The summed E-state index contributed by atoms with van der Waals surface area (Å²) in [5, 5.41) is 0. The summed E-state index contributed by atoms with van der Waals surface area (Å²) in [6.07, 6.45) is 6.17. The van der Waals surface area contributed by atoms with E-state index in [9.17, 15) is 18.0 Å². The lowest BCUT2D eigenvalue weighted by atomic mass is 9.87. The first-order valence-electron chi connectivity index (χ1n) is 14.6. The molecule has 0 aliphatic heterocycles. The smallest absolute Gasteiger partial charge is 0.416 e. The Bertz CT molecular complexity index is 965. The molecule has 0 heterocycles. The van der Waals surface area contributed by atoms with Gasteiger partial charge in [0.1, 0.15) is 18.5 Å². The summed E-state index contributed by atoms with van der Waals surface area (Å²) in [4.78, 5) is 12.5. The second-order valence-corrected chi connectivity index (χ2v) is 15.5. The first-order valence-corrected chi connectivity index (χ1v) is 17.1. The monoisotopic (exact) mass is 580 g/mol. The standard InChI is InChI=1S/C32H47F3O4Si/c1-7-12-13-18-31(36)38-30-21-24(6)28(29(30)15-8-2)20-19-27(39-40(9-3,10-4)11-5)23-37-26-17-14-16-25(22-26)32(33,34)35/h7-8,14,16-17,19-20,22,24,27-30H,1-2,9-13,15,18,21,23H2,3-6H3/b20-19+/t24-,27?,28+,29-,30+/m1/s1. The minimum atomic E-state index is -4.44. The molecule has 0 N–H and O–H groups in total. The molecule has 1 unspecified atom stereocenters. The molecule has 1 aliphatic carbocycles. The van der Waals surface area contributed by atoms with E-state index in [2.05, 4.69) is 46.9 Å². The van der Waals surface area contributed by atoms with Crippen molar-refractivity contribution in [3.05, 3.63) is 67.3 Å². The predicted octanol–water partition coefficient (Wildman–Crippen LogP) is 9.15. The fraction of sp³-hybridized carbons (Fsp3) is 0.594. The van der Waals surface area contributed by atoms with Gasteiger partial charge in [-0.25, -0.2) is 0 Å². The molecule has 0 aromatic heterocycles. The van der Waals surface area contributed by atoms with Gasteiger partial charge in [0.05, 0.1) is 11.7 Å². The van der Waals surface area contributed by atoms with Gasteiger partial charge in [-0.1, -0.05) is 58.1 Å². The average Bonchev–Trinajstić information content (AvgIpc) is 3.21. The molecule has 0 bridgehead atoms. The lowest BCUT2D eigenvalue weighted by molar-refractivity contribution is -0.151. The number of allylic oxidation sites excluding steroid dienone is 3. The van der Waals surface area contributed by atoms with Crippen molar-refractivity contribution < 1.29 is 31.9 Å². The topological polar surface area (TPSA) is 44.8 Å². The zero-order valence-electron chi connectivity index (χ0n) is 24.6. The van der Waals surface area contributed by atoms with Gasteiger partial charge in [0.2, 0.25) is 0 Å². The van der Waals surface area contributed by atoms with Crippen LogP contribution in [0.3, 0.4) is 0 Å². The highest BCUT2D eigenvalue weighted by Gasteiger charge is 2.41. The van der Waals surface area contributed by atoms with Gasteiger partial charge in [-0.2, -0.15) is 13.2 Å². The van der Waals surface area contributed by atoms with Crippen LogP contribution >= 0.6 is 0 Å². The second kappa shape index (κ2) is 16.2. The van der Waals surface area contributed by atoms with Crippen molar-refractivity contribution in [3.63, 3.8) is 0 Å². The van der Waals surface area contributed by atoms with Crippen LogP contribution in [0.1, 0.15) is 65.4 Å². The number of hydrogen-bond acceptors (Lipinski definition) is 4. The Morgan fingerprint density at radius 1 is 1.15 bits per heavy atom. The Morgan fingerprint density at radius 3 is 2.45 bits per heavy atom. The Hall–Kier alpha value is -2.32. The molecule has 2 rings (SSSR count). The normalized spacial score (nSPS) is 22.3. The molecular formula is C32H47F3O4Si. The van der Waals surface area contributed by atoms with Gasteiger partial charge in [-0.15, -0.1) is 13.2 Å². The first kappa shape index (κ1) is 33.9. The van der Waals surface area contributed by atoms with Crippen molar-refractivity contribution in [3.8, 4) is 5.75 Å². The lowest BCUT2D eigenvalue weighted by Gasteiger charge is -2.32. The summed E-state index contributed by atoms with van der Waals surface area (Å²) in [6, 6.07) is 7.77. The van der Waals surface area contributed by atoms with Crippen LogP contribution in [0.15, 0.2) is 61.7 Å². The molecule has 40 heavy (non-hydrogen) atoms. The molecule has 1 fully saturated rings. The highest BCUT2D eigenvalue weighted by atomic mass is 28.4. The molecule has 224 valence electrons. The minimum Gasteiger partial charge on any atom is -0.491 e. The number of rotatable bonds is 17. The number of halogens is 3. The molecule has 0 spiro atoms. The van der Waals surface area contributed by atoms with Gasteiger partial charge < -0.3 is 13.9 Å². The van der Waals surface area contributed by atoms with E-state index in [-0.39, 0.29) is 42.2 Å². The lowest BCUT2D eigenvalue weighted by Crippen LogP contribution is -2.41. The van der Waals surface area contributed by atoms with Crippen LogP contribution in [0.5, 0.6) is 5.75 Å². The van der Waals surface area contributed by atoms with Gasteiger partial charge in [0.25, 0.3) is 0 Å². The maximum absolute atomic E-state index is 13.2. The van der Waals surface area contributed by atoms with Crippen molar-refractivity contribution in [1.29, 1.82) is 0 Å². The van der Waals surface area contributed by atoms with E-state index >= 15 is 0 Å². The number of hydrogen-bond donors (Lipinski definition) is 0. The van der Waals surface area contributed by atoms with E-state index < -0.39 is 26.2 Å². The predicted molar refractivity (Wildman–Crippen MR) is 158 cm³/mol. The molecule has 1 aliphatic rings. The highest BCUT2D eigenvalue weighted by molar-refractivity contribution is 6.73. The number of unbranched alkanes of at least 4 members (excludes halogenated alkanes) is 1. The summed E-state index contributed by atoms with van der Waals surface area (Å²) in [6.45, 7) is 16.3. The van der Waals surface area contributed by atoms with Crippen molar-refractivity contribution in [1.82, 2.24) is 0 Å². The van der Waals surface area contributed by atoms with Crippen LogP contribution in [-0.4, -0.2) is 33.1 Å². The molecule has 5 atom stereocenters. The third kappa shape index (κ3) is 9.95. The van der Waals surface area contributed by atoms with E-state index in [4.69, 9.17) is 13.9 Å². The number of esters is 1. The van der Waals surface area contributed by atoms with E-state index in [1.54, 1.807) is 6.08 Å². The molecule has 1 aromatic rings. The molecule has 8 heteroatoms. The number of ether oxygens (including phenoxy) is 2. The summed E-state index contributed by atoms with van der Waals surface area (Å²) < 4.78 is 58.2. The number of alkyl halides is 3. The summed E-state index contributed by atoms with van der Waals surface area (Å²) in [5.41, 5.74) is -0.741. The number of benzene rings is 1. The van der Waals surface area contributed by atoms with E-state index in [0.717, 1.165) is 49.5 Å². The molecule has 4 nitrogen and oxygen atoms in total. The van der Waals surface area contributed by atoms with Crippen LogP contribution in [0.4, 0.5) is 13.2 Å². The Balaban J connectivity index is 2.24. The summed E-state index contributed by atoms with van der Waals surface area (Å²) >= 11 is 0. The van der Waals surface area contributed by atoms with E-state index in [1.807, 2.05) is 12.2 Å². The quantitative estimate of drug-likeness (QED) is 0.0798. The molecular weight excluding hydrogens is 533 g/mol. The molecule has 0 saturated heterocycles. The number of carbonyl (C=O) groups is 1. The first-order chi connectivity index (χ1) is 19.0. The zero-order valence-corrected chi connectivity index (χ0v) is 25.6. The van der Waals surface area contributed by atoms with Gasteiger partial charge >= 0.3 is 12.1 Å². The number of carbonyl (C=O) groups excluding carboxylic acids is 1. The minimum absolute atomic E-state index is 0.0997. The van der Waals surface area contributed by atoms with Crippen LogP contribution in [-0.2, 0) is 20.1 Å². The third-order valence-corrected chi connectivity index (χ3v) is 12.9. The zero-order chi connectivity index (χ0) is 29.8. The SMILES string of the molecule is C=CCCCC(=O)O[C@H]1C[C@@H](C)[C@H](/C=C/C(COc2cccc(C(F)(F)F)c2)O[Si](CC)(CC)CC)[C@H]1CC=C. The van der Waals surface area contributed by atoms with E-state index in [1.165, 1.54) is 12.1 Å².